The zero-order chi connectivity index (χ0) is 16.5. The Morgan fingerprint density at radius 2 is 2.08 bits per heavy atom. The van der Waals surface area contributed by atoms with Gasteiger partial charge >= 0.3 is 0 Å². The Morgan fingerprint density at radius 3 is 2.88 bits per heavy atom. The van der Waals surface area contributed by atoms with Crippen LogP contribution in [0.5, 0.6) is 0 Å². The highest BCUT2D eigenvalue weighted by molar-refractivity contribution is 5.80. The molecule has 0 saturated carbocycles. The second-order valence-electron chi connectivity index (χ2n) is 5.97. The van der Waals surface area contributed by atoms with Gasteiger partial charge in [0.05, 0.1) is 23.1 Å². The van der Waals surface area contributed by atoms with E-state index in [9.17, 15) is 9.65 Å². The summed E-state index contributed by atoms with van der Waals surface area (Å²) in [6, 6.07) is 8.50. The Morgan fingerprint density at radius 1 is 1.25 bits per heavy atom. The summed E-state index contributed by atoms with van der Waals surface area (Å²) in [6.45, 7) is 1.64. The molecule has 1 aromatic carbocycles. The lowest BCUT2D eigenvalue weighted by molar-refractivity contribution is 0.416. The number of pyridine rings is 1. The van der Waals surface area contributed by atoms with E-state index in [1.807, 2.05) is 0 Å². The summed E-state index contributed by atoms with van der Waals surface area (Å²) >= 11 is 0. The van der Waals surface area contributed by atoms with Gasteiger partial charge in [0.2, 0.25) is 0 Å². The minimum Gasteiger partial charge on any atom is -0.369 e. The molecule has 0 amide bonds. The van der Waals surface area contributed by atoms with Crippen molar-refractivity contribution in [3.63, 3.8) is 0 Å². The highest BCUT2D eigenvalue weighted by atomic mass is 19.1. The first kappa shape index (κ1) is 14.6. The van der Waals surface area contributed by atoms with Crippen molar-refractivity contribution in [3.8, 4) is 6.07 Å². The van der Waals surface area contributed by atoms with Crippen LogP contribution in [0.15, 0.2) is 41.2 Å². The second-order valence-corrected chi connectivity index (χ2v) is 5.97. The SMILES string of the molecule is N#Cc1ccncc1N1CCC(c2noc3cc(F)ccc23)CC1. The van der Waals surface area contributed by atoms with Gasteiger partial charge in [-0.3, -0.25) is 4.98 Å². The summed E-state index contributed by atoms with van der Waals surface area (Å²) in [5.41, 5.74) is 2.92. The number of nitrogens with zero attached hydrogens (tertiary/aromatic N) is 4. The first-order valence-electron chi connectivity index (χ1n) is 7.90. The largest absolute Gasteiger partial charge is 0.369 e. The zero-order valence-electron chi connectivity index (χ0n) is 12.9. The molecule has 0 atom stereocenters. The average molecular weight is 322 g/mol. The maximum Gasteiger partial charge on any atom is 0.170 e. The lowest BCUT2D eigenvalue weighted by Crippen LogP contribution is -2.33. The smallest absolute Gasteiger partial charge is 0.170 e. The minimum absolute atomic E-state index is 0.273. The van der Waals surface area contributed by atoms with Crippen LogP contribution in [0.2, 0.25) is 0 Å². The van der Waals surface area contributed by atoms with Crippen molar-refractivity contribution in [1.82, 2.24) is 10.1 Å². The van der Waals surface area contributed by atoms with Crippen LogP contribution in [0.4, 0.5) is 10.1 Å². The van der Waals surface area contributed by atoms with Crippen LogP contribution >= 0.6 is 0 Å². The van der Waals surface area contributed by atoms with Gasteiger partial charge in [-0.1, -0.05) is 5.16 Å². The van der Waals surface area contributed by atoms with Crippen LogP contribution < -0.4 is 4.90 Å². The van der Waals surface area contributed by atoms with Crippen molar-refractivity contribution in [3.05, 3.63) is 53.7 Å². The molecule has 0 N–H and O–H groups in total. The molecule has 1 aliphatic rings. The third-order valence-electron chi connectivity index (χ3n) is 4.60. The molecule has 1 fully saturated rings. The van der Waals surface area contributed by atoms with Crippen LogP contribution in [0, 0.1) is 17.1 Å². The predicted octanol–water partition coefficient (Wildman–Crippen LogP) is 3.62. The molecule has 6 heteroatoms. The predicted molar refractivity (Wildman–Crippen MR) is 87.1 cm³/mol. The number of fused-ring (bicyclic) bond motifs is 1. The first-order chi connectivity index (χ1) is 11.8. The Hall–Kier alpha value is -2.94. The Kier molecular flexibility index (Phi) is 3.62. The molecule has 3 heterocycles. The molecule has 1 aliphatic heterocycles. The Balaban J connectivity index is 1.54. The normalized spacial score (nSPS) is 15.6. The number of rotatable bonds is 2. The van der Waals surface area contributed by atoms with Crippen molar-refractivity contribution in [2.24, 2.45) is 0 Å². The molecule has 4 rings (SSSR count). The molecule has 5 nitrogen and oxygen atoms in total. The number of benzene rings is 1. The molecule has 1 saturated heterocycles. The highest BCUT2D eigenvalue weighted by Gasteiger charge is 2.26. The molecule has 2 aromatic heterocycles. The number of hydrogen-bond acceptors (Lipinski definition) is 5. The van der Waals surface area contributed by atoms with E-state index in [0.29, 0.717) is 11.1 Å². The van der Waals surface area contributed by atoms with Crippen LogP contribution in [0.3, 0.4) is 0 Å². The maximum absolute atomic E-state index is 13.3. The van der Waals surface area contributed by atoms with E-state index in [1.165, 1.54) is 12.1 Å². The monoisotopic (exact) mass is 322 g/mol. The van der Waals surface area contributed by atoms with Crippen molar-refractivity contribution in [1.29, 1.82) is 5.26 Å². The lowest BCUT2D eigenvalue weighted by atomic mass is 9.91. The van der Waals surface area contributed by atoms with Crippen LogP contribution in [-0.2, 0) is 0 Å². The highest BCUT2D eigenvalue weighted by Crippen LogP contribution is 2.34. The average Bonchev–Trinajstić information content (AvgIpc) is 3.04. The minimum atomic E-state index is -0.319. The van der Waals surface area contributed by atoms with Crippen molar-refractivity contribution in [2.75, 3.05) is 18.0 Å². The van der Waals surface area contributed by atoms with Crippen molar-refractivity contribution >= 4 is 16.7 Å². The first-order valence-corrected chi connectivity index (χ1v) is 7.90. The topological polar surface area (TPSA) is 66.0 Å². The quantitative estimate of drug-likeness (QED) is 0.721. The zero-order valence-corrected chi connectivity index (χ0v) is 12.9. The number of halogens is 1. The van der Waals surface area contributed by atoms with Gasteiger partial charge in [-0.15, -0.1) is 0 Å². The Bertz CT molecular complexity index is 922. The van der Waals surface area contributed by atoms with Gasteiger partial charge in [-0.2, -0.15) is 5.26 Å². The summed E-state index contributed by atoms with van der Waals surface area (Å²) in [4.78, 5) is 6.32. The van der Waals surface area contributed by atoms with Gasteiger partial charge in [-0.05, 0) is 31.0 Å². The molecule has 0 radical (unpaired) electrons. The van der Waals surface area contributed by atoms with Crippen molar-refractivity contribution in [2.45, 2.75) is 18.8 Å². The summed E-state index contributed by atoms with van der Waals surface area (Å²) in [5.74, 6) is -0.0456. The summed E-state index contributed by atoms with van der Waals surface area (Å²) in [5, 5.41) is 14.3. The van der Waals surface area contributed by atoms with E-state index in [0.717, 1.165) is 42.7 Å². The van der Waals surface area contributed by atoms with Gasteiger partial charge in [0.15, 0.2) is 5.58 Å². The molecule has 24 heavy (non-hydrogen) atoms. The van der Waals surface area contributed by atoms with E-state index in [-0.39, 0.29) is 11.7 Å². The number of piperidine rings is 1. The number of nitriles is 1. The third kappa shape index (κ3) is 2.48. The van der Waals surface area contributed by atoms with Gasteiger partial charge in [0.25, 0.3) is 0 Å². The van der Waals surface area contributed by atoms with E-state index < -0.39 is 0 Å². The fraction of sp³-hybridized carbons (Fsp3) is 0.278. The number of hydrogen-bond donors (Lipinski definition) is 0. The molecule has 0 aliphatic carbocycles. The molecular weight excluding hydrogens is 307 g/mol. The van der Waals surface area contributed by atoms with Crippen LogP contribution in [-0.4, -0.2) is 23.2 Å². The van der Waals surface area contributed by atoms with Crippen molar-refractivity contribution < 1.29 is 8.91 Å². The summed E-state index contributed by atoms with van der Waals surface area (Å²) in [6.07, 6.45) is 5.18. The van der Waals surface area contributed by atoms with Crippen LogP contribution in [0.1, 0.15) is 30.0 Å². The van der Waals surface area contributed by atoms with E-state index in [4.69, 9.17) is 4.52 Å². The number of anilines is 1. The lowest BCUT2D eigenvalue weighted by Gasteiger charge is -2.33. The molecular formula is C18H15FN4O. The van der Waals surface area contributed by atoms with E-state index in [1.54, 1.807) is 24.5 Å². The molecule has 0 spiro atoms. The second kappa shape index (κ2) is 5.93. The van der Waals surface area contributed by atoms with Gasteiger partial charge < -0.3 is 9.42 Å². The van der Waals surface area contributed by atoms with Gasteiger partial charge in [0, 0.05) is 36.7 Å². The van der Waals surface area contributed by atoms with E-state index >= 15 is 0 Å². The maximum atomic E-state index is 13.3. The van der Waals surface area contributed by atoms with Gasteiger partial charge in [0.1, 0.15) is 11.9 Å². The summed E-state index contributed by atoms with van der Waals surface area (Å²) in [7, 11) is 0. The third-order valence-corrected chi connectivity index (χ3v) is 4.60. The fourth-order valence-electron chi connectivity index (χ4n) is 3.35. The Labute approximate surface area is 138 Å². The summed E-state index contributed by atoms with van der Waals surface area (Å²) < 4.78 is 18.5. The molecule has 3 aromatic rings. The van der Waals surface area contributed by atoms with Gasteiger partial charge in [-0.25, -0.2) is 4.39 Å². The molecule has 0 bridgehead atoms. The standard InChI is InChI=1S/C18H15FN4O/c19-14-1-2-15-17(9-14)24-22-18(15)12-4-7-23(8-5-12)16-11-21-6-3-13(16)10-20/h1-3,6,9,11-12H,4-5,7-8H2. The van der Waals surface area contributed by atoms with Crippen LogP contribution in [0.25, 0.3) is 11.0 Å². The number of aromatic nitrogens is 2. The fourth-order valence-corrected chi connectivity index (χ4v) is 3.35. The molecule has 120 valence electrons. The molecule has 0 unspecified atom stereocenters. The van der Waals surface area contributed by atoms with E-state index in [2.05, 4.69) is 21.1 Å².